The highest BCUT2D eigenvalue weighted by Gasteiger charge is 2.15. The lowest BCUT2D eigenvalue weighted by Gasteiger charge is -2.17. The monoisotopic (exact) mass is 382 g/mol. The molecule has 2 amide bonds. The van der Waals surface area contributed by atoms with Crippen LogP contribution in [-0.2, 0) is 27.2 Å². The molecule has 7 heteroatoms. The van der Waals surface area contributed by atoms with Crippen LogP contribution < -0.4 is 15.4 Å². The number of fused-ring (bicyclic) bond motifs is 1. The van der Waals surface area contributed by atoms with Gasteiger partial charge in [0, 0.05) is 24.2 Å². The van der Waals surface area contributed by atoms with Crippen LogP contribution in [-0.4, -0.2) is 29.5 Å². The molecule has 0 unspecified atom stereocenters. The zero-order valence-corrected chi connectivity index (χ0v) is 15.4. The van der Waals surface area contributed by atoms with E-state index in [1.54, 1.807) is 30.3 Å². The summed E-state index contributed by atoms with van der Waals surface area (Å²) in [5.41, 5.74) is 3.10. The minimum Gasteiger partial charge on any atom is -0.494 e. The van der Waals surface area contributed by atoms with Crippen LogP contribution in [0.1, 0.15) is 30.4 Å². The molecule has 0 aromatic heterocycles. The molecule has 3 N–H and O–H groups in total. The molecule has 0 atom stereocenters. The van der Waals surface area contributed by atoms with Gasteiger partial charge in [-0.25, -0.2) is 0 Å². The third-order valence-corrected chi connectivity index (χ3v) is 4.36. The topological polar surface area (TPSA) is 105 Å². The van der Waals surface area contributed by atoms with E-state index in [0.717, 1.165) is 17.0 Å². The highest BCUT2D eigenvalue weighted by atomic mass is 16.5. The molecule has 7 nitrogen and oxygen atoms in total. The number of benzene rings is 2. The molecule has 28 heavy (non-hydrogen) atoms. The summed E-state index contributed by atoms with van der Waals surface area (Å²) >= 11 is 0. The summed E-state index contributed by atoms with van der Waals surface area (Å²) < 4.78 is 5.70. The van der Waals surface area contributed by atoms with Crippen LogP contribution in [0.5, 0.6) is 5.75 Å². The number of nitrogens with one attached hydrogen (secondary N) is 2. The van der Waals surface area contributed by atoms with Gasteiger partial charge in [-0.15, -0.1) is 0 Å². The van der Waals surface area contributed by atoms with E-state index in [1.165, 1.54) is 0 Å². The van der Waals surface area contributed by atoms with E-state index in [-0.39, 0.29) is 18.2 Å². The van der Waals surface area contributed by atoms with Crippen molar-refractivity contribution in [2.24, 2.45) is 0 Å². The van der Waals surface area contributed by atoms with E-state index in [9.17, 15) is 14.4 Å². The highest BCUT2D eigenvalue weighted by molar-refractivity contribution is 5.94. The van der Waals surface area contributed by atoms with Crippen molar-refractivity contribution in [1.29, 1.82) is 0 Å². The molecule has 0 aliphatic carbocycles. The molecule has 146 valence electrons. The summed E-state index contributed by atoms with van der Waals surface area (Å²) in [6.07, 6.45) is 1.94. The van der Waals surface area contributed by atoms with Gasteiger partial charge in [0.2, 0.25) is 11.8 Å². The molecular formula is C21H22N2O5. The third kappa shape index (κ3) is 5.57. The zero-order valence-electron chi connectivity index (χ0n) is 15.4. The first-order valence-corrected chi connectivity index (χ1v) is 9.16. The fourth-order valence-electron chi connectivity index (χ4n) is 3.03. The molecule has 1 heterocycles. The minimum atomic E-state index is -0.912. The fourth-order valence-corrected chi connectivity index (χ4v) is 3.03. The number of carbonyl (C=O) groups excluding carboxylic acids is 2. The lowest BCUT2D eigenvalue weighted by atomic mass is 10.0. The maximum atomic E-state index is 12.1. The number of hydrogen-bond acceptors (Lipinski definition) is 4. The molecule has 0 saturated carbocycles. The molecule has 1 aliphatic heterocycles. The van der Waals surface area contributed by atoms with Gasteiger partial charge in [0.1, 0.15) is 5.75 Å². The van der Waals surface area contributed by atoms with Crippen LogP contribution in [0, 0.1) is 0 Å². The van der Waals surface area contributed by atoms with Crippen LogP contribution in [0.3, 0.4) is 0 Å². The smallest absolute Gasteiger partial charge is 0.307 e. The van der Waals surface area contributed by atoms with E-state index < -0.39 is 5.97 Å². The van der Waals surface area contributed by atoms with Gasteiger partial charge in [-0.2, -0.15) is 0 Å². The number of carbonyl (C=O) groups is 3. The number of carboxylic acids is 1. The van der Waals surface area contributed by atoms with Crippen LogP contribution >= 0.6 is 0 Å². The van der Waals surface area contributed by atoms with E-state index in [2.05, 4.69) is 10.6 Å². The van der Waals surface area contributed by atoms with Crippen molar-refractivity contribution < 1.29 is 24.2 Å². The Balaban J connectivity index is 1.42. The second-order valence-corrected chi connectivity index (χ2v) is 6.64. The Morgan fingerprint density at radius 3 is 2.82 bits per heavy atom. The molecule has 1 aliphatic rings. The number of rotatable bonds is 8. The van der Waals surface area contributed by atoms with Crippen molar-refractivity contribution in [3.8, 4) is 5.75 Å². The van der Waals surface area contributed by atoms with Crippen molar-refractivity contribution >= 4 is 29.2 Å². The second kappa shape index (κ2) is 9.03. The van der Waals surface area contributed by atoms with Crippen LogP contribution in [0.15, 0.2) is 42.5 Å². The summed E-state index contributed by atoms with van der Waals surface area (Å²) in [6, 6.07) is 12.4. The first-order valence-electron chi connectivity index (χ1n) is 9.16. The number of aliphatic carboxylic acids is 1. The number of aryl methyl sites for hydroxylation is 1. The van der Waals surface area contributed by atoms with Crippen molar-refractivity contribution in [1.82, 2.24) is 0 Å². The molecule has 0 radical (unpaired) electrons. The number of amides is 2. The maximum Gasteiger partial charge on any atom is 0.307 e. The first kappa shape index (κ1) is 19.4. The van der Waals surface area contributed by atoms with E-state index in [1.807, 2.05) is 12.1 Å². The summed E-state index contributed by atoms with van der Waals surface area (Å²) in [5, 5.41) is 14.4. The fraction of sp³-hybridized carbons (Fsp3) is 0.286. The van der Waals surface area contributed by atoms with Gasteiger partial charge in [0.05, 0.1) is 13.0 Å². The standard InChI is InChI=1S/C21H22N2O5/c24-19(22-16-4-1-3-14(11-16)12-21(26)27)5-2-10-28-17-7-8-18-15(13-17)6-9-20(25)23-18/h1,3-4,7-8,11,13H,2,5-6,9-10,12H2,(H,22,24)(H,23,25)(H,26,27). The number of hydrogen-bond donors (Lipinski definition) is 3. The second-order valence-electron chi connectivity index (χ2n) is 6.64. The SMILES string of the molecule is O=C(O)Cc1cccc(NC(=O)CCCOc2ccc3c(c2)CCC(=O)N3)c1. The minimum absolute atomic E-state index is 0.0284. The molecule has 0 fully saturated rings. The molecule has 0 bridgehead atoms. The Morgan fingerprint density at radius 2 is 2.00 bits per heavy atom. The van der Waals surface area contributed by atoms with Gasteiger partial charge in [-0.05, 0) is 54.3 Å². The lowest BCUT2D eigenvalue weighted by Crippen LogP contribution is -2.18. The van der Waals surface area contributed by atoms with Crippen molar-refractivity contribution in [3.63, 3.8) is 0 Å². The van der Waals surface area contributed by atoms with E-state index in [4.69, 9.17) is 9.84 Å². The van der Waals surface area contributed by atoms with Gasteiger partial charge in [-0.1, -0.05) is 12.1 Å². The predicted octanol–water partition coefficient (Wildman–Crippen LogP) is 3.00. The Bertz CT molecular complexity index is 894. The van der Waals surface area contributed by atoms with Crippen molar-refractivity contribution in [3.05, 3.63) is 53.6 Å². The van der Waals surface area contributed by atoms with Gasteiger partial charge in [0.15, 0.2) is 0 Å². The van der Waals surface area contributed by atoms with Gasteiger partial charge in [-0.3, -0.25) is 14.4 Å². The Morgan fingerprint density at radius 1 is 1.14 bits per heavy atom. The van der Waals surface area contributed by atoms with Gasteiger partial charge in [0.25, 0.3) is 0 Å². The van der Waals surface area contributed by atoms with Gasteiger partial charge < -0.3 is 20.5 Å². The quantitative estimate of drug-likeness (QED) is 0.609. The Hall–Kier alpha value is -3.35. The van der Waals surface area contributed by atoms with Crippen LogP contribution in [0.25, 0.3) is 0 Å². The molecule has 2 aromatic rings. The Labute approximate surface area is 162 Å². The average Bonchev–Trinajstić information content (AvgIpc) is 2.65. The summed E-state index contributed by atoms with van der Waals surface area (Å²) in [5.74, 6) is -0.313. The summed E-state index contributed by atoms with van der Waals surface area (Å²) in [4.78, 5) is 34.2. The number of ether oxygens (including phenoxy) is 1. The molecule has 2 aromatic carbocycles. The maximum absolute atomic E-state index is 12.1. The highest BCUT2D eigenvalue weighted by Crippen LogP contribution is 2.26. The first-order chi connectivity index (χ1) is 13.5. The zero-order chi connectivity index (χ0) is 19.9. The summed E-state index contributed by atoms with van der Waals surface area (Å²) in [7, 11) is 0. The largest absolute Gasteiger partial charge is 0.494 e. The number of anilines is 2. The van der Waals surface area contributed by atoms with Crippen molar-refractivity contribution in [2.45, 2.75) is 32.1 Å². The van der Waals surface area contributed by atoms with Crippen LogP contribution in [0.4, 0.5) is 11.4 Å². The predicted molar refractivity (Wildman–Crippen MR) is 105 cm³/mol. The Kier molecular flexibility index (Phi) is 6.26. The van der Waals surface area contributed by atoms with E-state index in [0.29, 0.717) is 43.5 Å². The molecular weight excluding hydrogens is 360 g/mol. The number of carboxylic acid groups (broad SMARTS) is 1. The lowest BCUT2D eigenvalue weighted by molar-refractivity contribution is -0.136. The molecule has 0 saturated heterocycles. The van der Waals surface area contributed by atoms with Gasteiger partial charge >= 0.3 is 5.97 Å². The van der Waals surface area contributed by atoms with Crippen LogP contribution in [0.2, 0.25) is 0 Å². The molecule has 0 spiro atoms. The van der Waals surface area contributed by atoms with E-state index >= 15 is 0 Å². The third-order valence-electron chi connectivity index (χ3n) is 4.36. The average molecular weight is 382 g/mol. The normalized spacial score (nSPS) is 12.6. The van der Waals surface area contributed by atoms with Crippen molar-refractivity contribution in [2.75, 3.05) is 17.2 Å². The molecule has 3 rings (SSSR count). The summed E-state index contributed by atoms with van der Waals surface area (Å²) in [6.45, 7) is 0.400.